The van der Waals surface area contributed by atoms with Gasteiger partial charge in [-0.25, -0.2) is 4.98 Å². The van der Waals surface area contributed by atoms with Crippen molar-refractivity contribution in [3.05, 3.63) is 91.0 Å². The van der Waals surface area contributed by atoms with Crippen LogP contribution in [-0.2, 0) is 0 Å². The van der Waals surface area contributed by atoms with Crippen molar-refractivity contribution in [2.45, 2.75) is 0 Å². The van der Waals surface area contributed by atoms with Gasteiger partial charge in [-0.1, -0.05) is 48.5 Å². The first-order valence-electron chi connectivity index (χ1n) is 7.96. The van der Waals surface area contributed by atoms with Gasteiger partial charge in [-0.05, 0) is 24.3 Å². The molecule has 0 fully saturated rings. The molecule has 0 aliphatic heterocycles. The molecule has 0 spiro atoms. The van der Waals surface area contributed by atoms with Crippen LogP contribution in [0.5, 0.6) is 0 Å². The maximum Gasteiger partial charge on any atom is 0.228 e. The first kappa shape index (κ1) is 15.0. The molecule has 4 aromatic rings. The van der Waals surface area contributed by atoms with Crippen LogP contribution in [0.15, 0.2) is 94.6 Å². The molecule has 0 saturated carbocycles. The summed E-state index contributed by atoms with van der Waals surface area (Å²) in [5, 5.41) is 0. The van der Waals surface area contributed by atoms with Gasteiger partial charge in [0.05, 0.1) is 17.5 Å². The third kappa shape index (κ3) is 3.38. The van der Waals surface area contributed by atoms with Crippen molar-refractivity contribution in [1.29, 1.82) is 0 Å². The Morgan fingerprint density at radius 3 is 2.24 bits per heavy atom. The molecule has 0 aliphatic rings. The summed E-state index contributed by atoms with van der Waals surface area (Å²) >= 11 is 0. The van der Waals surface area contributed by atoms with Gasteiger partial charge in [0, 0.05) is 18.0 Å². The van der Waals surface area contributed by atoms with Crippen LogP contribution < -0.4 is 0 Å². The average molecular weight is 325 g/mol. The fourth-order valence-electron chi connectivity index (χ4n) is 2.48. The summed E-state index contributed by atoms with van der Waals surface area (Å²) in [6.45, 7) is 0. The number of nitrogens with zero attached hydrogens (tertiary/aromatic N) is 3. The lowest BCUT2D eigenvalue weighted by molar-refractivity contribution is 0.568. The van der Waals surface area contributed by atoms with E-state index in [4.69, 9.17) is 4.42 Å². The number of hydrogen-bond acceptors (Lipinski definition) is 4. The smallest absolute Gasteiger partial charge is 0.228 e. The van der Waals surface area contributed by atoms with Crippen LogP contribution in [0.25, 0.3) is 22.7 Å². The molecule has 0 atom stereocenters. The van der Waals surface area contributed by atoms with Gasteiger partial charge >= 0.3 is 0 Å². The molecule has 2 heterocycles. The Morgan fingerprint density at radius 2 is 1.52 bits per heavy atom. The van der Waals surface area contributed by atoms with Crippen LogP contribution in [0, 0.1) is 0 Å². The van der Waals surface area contributed by atoms with E-state index in [0.717, 1.165) is 22.5 Å². The zero-order valence-electron chi connectivity index (χ0n) is 13.4. The predicted octanol–water partition coefficient (Wildman–Crippen LogP) is 5.15. The highest BCUT2D eigenvalue weighted by Gasteiger charge is 2.15. The van der Waals surface area contributed by atoms with Crippen LogP contribution in [0.3, 0.4) is 0 Å². The molecule has 0 saturated heterocycles. The number of hydrogen-bond donors (Lipinski definition) is 0. The van der Waals surface area contributed by atoms with E-state index in [1.54, 1.807) is 18.6 Å². The minimum Gasteiger partial charge on any atom is -0.434 e. The molecule has 4 nitrogen and oxygen atoms in total. The van der Waals surface area contributed by atoms with Crippen LogP contribution >= 0.6 is 0 Å². The molecule has 120 valence electrons. The topological polar surface area (TPSA) is 51.3 Å². The van der Waals surface area contributed by atoms with E-state index in [-0.39, 0.29) is 0 Å². The molecule has 0 amide bonds. The highest BCUT2D eigenvalue weighted by molar-refractivity contribution is 5.88. The summed E-state index contributed by atoms with van der Waals surface area (Å²) in [5.74, 6) is 1.15. The summed E-state index contributed by atoms with van der Waals surface area (Å²) < 4.78 is 5.98. The predicted molar refractivity (Wildman–Crippen MR) is 98.9 cm³/mol. The standard InChI is InChI=1S/C21H15N3O/c1-3-8-16(9-4-1)20-19(15-23-18-11-5-2-6-12-18)25-21(24-20)17-10-7-13-22-14-17/h1-15H/b23-15+. The third-order valence-electron chi connectivity index (χ3n) is 3.70. The lowest BCUT2D eigenvalue weighted by Crippen LogP contribution is -1.84. The van der Waals surface area contributed by atoms with Crippen molar-refractivity contribution >= 4 is 11.9 Å². The van der Waals surface area contributed by atoms with E-state index in [9.17, 15) is 0 Å². The van der Waals surface area contributed by atoms with Crippen molar-refractivity contribution in [1.82, 2.24) is 9.97 Å². The van der Waals surface area contributed by atoms with Gasteiger partial charge in [0.15, 0.2) is 5.76 Å². The number of para-hydroxylation sites is 1. The van der Waals surface area contributed by atoms with E-state index in [0.29, 0.717) is 11.7 Å². The van der Waals surface area contributed by atoms with Crippen molar-refractivity contribution in [2.24, 2.45) is 4.99 Å². The van der Waals surface area contributed by atoms with Gasteiger partial charge in [0.1, 0.15) is 5.69 Å². The fraction of sp³-hybridized carbons (Fsp3) is 0. The Bertz CT molecular complexity index is 978. The molecule has 4 heteroatoms. The van der Waals surface area contributed by atoms with E-state index in [1.165, 1.54) is 0 Å². The lowest BCUT2D eigenvalue weighted by Gasteiger charge is -1.96. The van der Waals surface area contributed by atoms with Crippen molar-refractivity contribution < 1.29 is 4.42 Å². The van der Waals surface area contributed by atoms with E-state index >= 15 is 0 Å². The first-order valence-corrected chi connectivity index (χ1v) is 7.96. The second-order valence-corrected chi connectivity index (χ2v) is 5.43. The van der Waals surface area contributed by atoms with Gasteiger partial charge < -0.3 is 4.42 Å². The van der Waals surface area contributed by atoms with Gasteiger partial charge in [-0.15, -0.1) is 0 Å². The molecule has 2 aromatic heterocycles. The lowest BCUT2D eigenvalue weighted by atomic mass is 10.1. The minimum absolute atomic E-state index is 0.529. The number of rotatable bonds is 4. The normalized spacial score (nSPS) is 11.0. The number of pyridine rings is 1. The van der Waals surface area contributed by atoms with Crippen LogP contribution in [0.1, 0.15) is 5.76 Å². The summed E-state index contributed by atoms with van der Waals surface area (Å²) in [5.41, 5.74) is 3.44. The Kier molecular flexibility index (Phi) is 4.16. The minimum atomic E-state index is 0.529. The zero-order valence-corrected chi connectivity index (χ0v) is 13.4. The second-order valence-electron chi connectivity index (χ2n) is 5.43. The quantitative estimate of drug-likeness (QED) is 0.487. The largest absolute Gasteiger partial charge is 0.434 e. The highest BCUT2D eigenvalue weighted by atomic mass is 16.4. The maximum atomic E-state index is 5.98. The second kappa shape index (κ2) is 6.93. The SMILES string of the molecule is C(=N\c1ccccc1)/c1oc(-c2cccnc2)nc1-c1ccccc1. The molecule has 0 bridgehead atoms. The van der Waals surface area contributed by atoms with Crippen molar-refractivity contribution in [2.75, 3.05) is 0 Å². The van der Waals surface area contributed by atoms with Gasteiger partial charge in [0.25, 0.3) is 0 Å². The Labute approximate surface area is 145 Å². The Balaban J connectivity index is 1.78. The molecule has 0 radical (unpaired) electrons. The number of benzene rings is 2. The Morgan fingerprint density at radius 1 is 0.800 bits per heavy atom. The van der Waals surface area contributed by atoms with E-state index < -0.39 is 0 Å². The molecular weight excluding hydrogens is 310 g/mol. The third-order valence-corrected chi connectivity index (χ3v) is 3.70. The molecule has 0 unspecified atom stereocenters. The molecule has 0 N–H and O–H groups in total. The summed E-state index contributed by atoms with van der Waals surface area (Å²) in [4.78, 5) is 13.3. The number of aliphatic imine (C=N–C) groups is 1. The van der Waals surface area contributed by atoms with E-state index in [2.05, 4.69) is 15.0 Å². The summed E-state index contributed by atoms with van der Waals surface area (Å²) in [6, 6.07) is 23.5. The van der Waals surface area contributed by atoms with Crippen LogP contribution in [-0.4, -0.2) is 16.2 Å². The van der Waals surface area contributed by atoms with Crippen molar-refractivity contribution in [3.63, 3.8) is 0 Å². The van der Waals surface area contributed by atoms with Gasteiger partial charge in [0.2, 0.25) is 5.89 Å². The van der Waals surface area contributed by atoms with Gasteiger partial charge in [-0.3, -0.25) is 9.98 Å². The van der Waals surface area contributed by atoms with Crippen LogP contribution in [0.2, 0.25) is 0 Å². The molecular formula is C21H15N3O. The maximum absolute atomic E-state index is 5.98. The summed E-state index contributed by atoms with van der Waals surface area (Å²) in [6.07, 6.45) is 5.17. The molecule has 0 aliphatic carbocycles. The summed E-state index contributed by atoms with van der Waals surface area (Å²) in [7, 11) is 0. The van der Waals surface area contributed by atoms with Gasteiger partial charge in [-0.2, -0.15) is 0 Å². The monoisotopic (exact) mass is 325 g/mol. The molecule has 4 rings (SSSR count). The zero-order chi connectivity index (χ0) is 16.9. The van der Waals surface area contributed by atoms with Crippen molar-refractivity contribution in [3.8, 4) is 22.7 Å². The van der Waals surface area contributed by atoms with E-state index in [1.807, 2.05) is 72.8 Å². The highest BCUT2D eigenvalue weighted by Crippen LogP contribution is 2.28. The average Bonchev–Trinajstić information content (AvgIpc) is 3.13. The molecule has 25 heavy (non-hydrogen) atoms. The van der Waals surface area contributed by atoms with Crippen LogP contribution in [0.4, 0.5) is 5.69 Å². The number of oxazole rings is 1. The number of aromatic nitrogens is 2. The fourth-order valence-corrected chi connectivity index (χ4v) is 2.48. The first-order chi connectivity index (χ1) is 12.4. The molecule has 2 aromatic carbocycles. The Hall–Kier alpha value is -3.53.